The molecule has 0 saturated heterocycles. The maximum Gasteiger partial charge on any atom is 0.261 e. The van der Waals surface area contributed by atoms with Crippen LogP contribution in [0.5, 0.6) is 5.75 Å². The van der Waals surface area contributed by atoms with Crippen LogP contribution in [0, 0.1) is 5.92 Å². The summed E-state index contributed by atoms with van der Waals surface area (Å²) >= 11 is 1.67. The van der Waals surface area contributed by atoms with Crippen LogP contribution in [-0.4, -0.2) is 19.6 Å². The second kappa shape index (κ2) is 7.18. The third kappa shape index (κ3) is 3.94. The molecule has 1 aliphatic carbocycles. The Balaban J connectivity index is 1.53. The van der Waals surface area contributed by atoms with Gasteiger partial charge in [0.15, 0.2) is 0 Å². The first-order valence-electron chi connectivity index (χ1n) is 8.18. The number of nitrogens with one attached hydrogen (secondary N) is 1. The monoisotopic (exact) mass is 329 g/mol. The molecule has 23 heavy (non-hydrogen) atoms. The van der Waals surface area contributed by atoms with Gasteiger partial charge in [-0.15, -0.1) is 11.3 Å². The molecule has 1 aromatic carbocycles. The Kier molecular flexibility index (Phi) is 5.01. The normalized spacial score (nSPS) is 16.7. The average molecular weight is 329 g/mol. The minimum absolute atomic E-state index is 0.0607. The van der Waals surface area contributed by atoms with Crippen molar-refractivity contribution in [3.05, 3.63) is 51.2 Å². The van der Waals surface area contributed by atoms with Gasteiger partial charge in [0.25, 0.3) is 5.91 Å². The maximum atomic E-state index is 12.3. The van der Waals surface area contributed by atoms with Crippen molar-refractivity contribution in [3.63, 3.8) is 0 Å². The van der Waals surface area contributed by atoms with E-state index in [1.54, 1.807) is 18.4 Å². The lowest BCUT2D eigenvalue weighted by Gasteiger charge is -2.16. The Morgan fingerprint density at radius 1 is 1.35 bits per heavy atom. The summed E-state index contributed by atoms with van der Waals surface area (Å²) in [6.07, 6.45) is 4.31. The van der Waals surface area contributed by atoms with Crippen LogP contribution in [0.4, 0.5) is 0 Å². The number of ether oxygens (including phenoxy) is 1. The molecule has 122 valence electrons. The van der Waals surface area contributed by atoms with E-state index in [-0.39, 0.29) is 5.91 Å². The summed E-state index contributed by atoms with van der Waals surface area (Å²) in [5.41, 5.74) is 2.58. The zero-order chi connectivity index (χ0) is 16.2. The number of hydrogen-bond donors (Lipinski definition) is 1. The lowest BCUT2D eigenvalue weighted by Crippen LogP contribution is -2.24. The molecular weight excluding hydrogens is 306 g/mol. The molecule has 1 aromatic heterocycles. The minimum Gasteiger partial charge on any atom is -0.497 e. The summed E-state index contributed by atoms with van der Waals surface area (Å²) in [5.74, 6) is 1.66. The van der Waals surface area contributed by atoms with Crippen LogP contribution in [0.15, 0.2) is 30.3 Å². The molecule has 1 unspecified atom stereocenters. The molecule has 2 aromatic rings. The van der Waals surface area contributed by atoms with Gasteiger partial charge in [0, 0.05) is 11.4 Å². The SMILES string of the molecule is COc1ccc(CCNC(=O)c2cc3c(s2)CCC(C)C3)cc1. The molecule has 0 aliphatic heterocycles. The fourth-order valence-electron chi connectivity index (χ4n) is 3.02. The first-order valence-corrected chi connectivity index (χ1v) is 9.00. The Labute approximate surface area is 141 Å². The van der Waals surface area contributed by atoms with Crippen molar-refractivity contribution in [2.45, 2.75) is 32.6 Å². The van der Waals surface area contributed by atoms with E-state index < -0.39 is 0 Å². The van der Waals surface area contributed by atoms with Crippen molar-refractivity contribution < 1.29 is 9.53 Å². The Morgan fingerprint density at radius 3 is 2.87 bits per heavy atom. The van der Waals surface area contributed by atoms with E-state index in [0.717, 1.165) is 35.8 Å². The fraction of sp³-hybridized carbons (Fsp3) is 0.421. The van der Waals surface area contributed by atoms with Gasteiger partial charge in [-0.2, -0.15) is 0 Å². The molecule has 0 saturated carbocycles. The van der Waals surface area contributed by atoms with Crippen LogP contribution in [0.25, 0.3) is 0 Å². The molecule has 0 fully saturated rings. The molecule has 0 spiro atoms. The van der Waals surface area contributed by atoms with E-state index in [1.165, 1.54) is 22.4 Å². The predicted octanol–water partition coefficient (Wildman–Crippen LogP) is 3.85. The van der Waals surface area contributed by atoms with Gasteiger partial charge in [0.2, 0.25) is 0 Å². The number of aryl methyl sites for hydroxylation is 1. The van der Waals surface area contributed by atoms with Gasteiger partial charge in [-0.3, -0.25) is 4.79 Å². The zero-order valence-corrected chi connectivity index (χ0v) is 14.5. The maximum absolute atomic E-state index is 12.3. The molecule has 4 heteroatoms. The molecule has 1 heterocycles. The summed E-state index contributed by atoms with van der Waals surface area (Å²) in [5, 5.41) is 3.04. The molecule has 3 rings (SSSR count). The second-order valence-corrected chi connectivity index (χ2v) is 7.40. The van der Waals surface area contributed by atoms with Gasteiger partial charge in [-0.1, -0.05) is 19.1 Å². The summed E-state index contributed by atoms with van der Waals surface area (Å²) in [7, 11) is 1.66. The number of hydrogen-bond acceptors (Lipinski definition) is 3. The van der Waals surface area contributed by atoms with Gasteiger partial charge in [-0.25, -0.2) is 0 Å². The lowest BCUT2D eigenvalue weighted by atomic mass is 9.90. The average Bonchev–Trinajstić information content (AvgIpc) is 2.98. The van der Waals surface area contributed by atoms with Crippen LogP contribution in [-0.2, 0) is 19.3 Å². The van der Waals surface area contributed by atoms with E-state index in [9.17, 15) is 4.79 Å². The van der Waals surface area contributed by atoms with Crippen LogP contribution in [0.2, 0.25) is 0 Å². The van der Waals surface area contributed by atoms with Gasteiger partial charge in [0.05, 0.1) is 12.0 Å². The van der Waals surface area contributed by atoms with Crippen LogP contribution in [0.3, 0.4) is 0 Å². The summed E-state index contributed by atoms with van der Waals surface area (Å²) < 4.78 is 5.15. The largest absolute Gasteiger partial charge is 0.497 e. The van der Waals surface area contributed by atoms with E-state index in [4.69, 9.17) is 4.74 Å². The molecule has 3 nitrogen and oxygen atoms in total. The number of carbonyl (C=O) groups excluding carboxylic acids is 1. The predicted molar refractivity (Wildman–Crippen MR) is 94.5 cm³/mol. The number of carbonyl (C=O) groups is 1. The van der Waals surface area contributed by atoms with E-state index >= 15 is 0 Å². The van der Waals surface area contributed by atoms with Crippen LogP contribution >= 0.6 is 11.3 Å². The highest BCUT2D eigenvalue weighted by Gasteiger charge is 2.20. The highest BCUT2D eigenvalue weighted by Crippen LogP contribution is 2.32. The fourth-order valence-corrected chi connectivity index (χ4v) is 4.14. The first-order chi connectivity index (χ1) is 11.2. The van der Waals surface area contributed by atoms with E-state index in [0.29, 0.717) is 6.54 Å². The number of thiophene rings is 1. The number of rotatable bonds is 5. The molecule has 0 bridgehead atoms. The molecule has 1 aliphatic rings. The van der Waals surface area contributed by atoms with Crippen LogP contribution in [0.1, 0.15) is 39.0 Å². The topological polar surface area (TPSA) is 38.3 Å². The van der Waals surface area contributed by atoms with Crippen molar-refractivity contribution in [2.24, 2.45) is 5.92 Å². The smallest absolute Gasteiger partial charge is 0.261 e. The zero-order valence-electron chi connectivity index (χ0n) is 13.7. The van der Waals surface area contributed by atoms with Crippen molar-refractivity contribution in [2.75, 3.05) is 13.7 Å². The van der Waals surface area contributed by atoms with Crippen molar-refractivity contribution in [3.8, 4) is 5.75 Å². The van der Waals surface area contributed by atoms with Crippen molar-refractivity contribution in [1.82, 2.24) is 5.32 Å². The Hall–Kier alpha value is -1.81. The second-order valence-electron chi connectivity index (χ2n) is 6.26. The summed E-state index contributed by atoms with van der Waals surface area (Å²) in [6, 6.07) is 10.1. The third-order valence-electron chi connectivity index (χ3n) is 4.41. The first kappa shape index (κ1) is 16.1. The number of amides is 1. The standard InChI is InChI=1S/C19H23NO2S/c1-13-3-8-17-15(11-13)12-18(23-17)19(21)20-10-9-14-4-6-16(22-2)7-5-14/h4-7,12-13H,3,8-11H2,1-2H3,(H,20,21). The van der Waals surface area contributed by atoms with Gasteiger partial charge < -0.3 is 10.1 Å². The minimum atomic E-state index is 0.0607. The summed E-state index contributed by atoms with van der Waals surface area (Å²) in [4.78, 5) is 14.6. The third-order valence-corrected chi connectivity index (χ3v) is 5.65. The number of methoxy groups -OCH3 is 1. The van der Waals surface area contributed by atoms with Crippen LogP contribution < -0.4 is 10.1 Å². The van der Waals surface area contributed by atoms with Gasteiger partial charge in [-0.05, 0) is 60.9 Å². The van der Waals surface area contributed by atoms with Gasteiger partial charge in [0.1, 0.15) is 5.75 Å². The molecule has 1 N–H and O–H groups in total. The van der Waals surface area contributed by atoms with E-state index in [1.807, 2.05) is 24.3 Å². The highest BCUT2D eigenvalue weighted by molar-refractivity contribution is 7.14. The molecule has 1 amide bonds. The molecule has 0 radical (unpaired) electrons. The Bertz CT molecular complexity index is 675. The van der Waals surface area contributed by atoms with Crippen molar-refractivity contribution >= 4 is 17.2 Å². The van der Waals surface area contributed by atoms with Gasteiger partial charge >= 0.3 is 0 Å². The number of fused-ring (bicyclic) bond motifs is 1. The highest BCUT2D eigenvalue weighted by atomic mass is 32.1. The Morgan fingerprint density at radius 2 is 2.13 bits per heavy atom. The quantitative estimate of drug-likeness (QED) is 0.905. The number of benzene rings is 1. The van der Waals surface area contributed by atoms with Crippen molar-refractivity contribution in [1.29, 1.82) is 0 Å². The molecular formula is C19H23NO2S. The van der Waals surface area contributed by atoms with E-state index in [2.05, 4.69) is 18.3 Å². The lowest BCUT2D eigenvalue weighted by molar-refractivity contribution is 0.0958. The summed E-state index contributed by atoms with van der Waals surface area (Å²) in [6.45, 7) is 2.94. The molecule has 1 atom stereocenters.